The lowest BCUT2D eigenvalue weighted by Gasteiger charge is -2.32. The van der Waals surface area contributed by atoms with Crippen molar-refractivity contribution in [2.24, 2.45) is 5.92 Å². The smallest absolute Gasteiger partial charge is 0.338 e. The molecular weight excluding hydrogens is 316 g/mol. The van der Waals surface area contributed by atoms with Crippen molar-refractivity contribution >= 4 is 19.8 Å². The topological polar surface area (TPSA) is 43.4 Å². The van der Waals surface area contributed by atoms with Gasteiger partial charge in [0, 0.05) is 20.4 Å². The zero-order valence-electron chi connectivity index (χ0n) is 15.0. The van der Waals surface area contributed by atoms with Gasteiger partial charge >= 0.3 is 5.97 Å². The van der Waals surface area contributed by atoms with Crippen LogP contribution < -0.4 is 0 Å². The van der Waals surface area contributed by atoms with E-state index in [1.165, 1.54) is 0 Å². The van der Waals surface area contributed by atoms with Gasteiger partial charge in [-0.3, -0.25) is 4.79 Å². The average molecular weight is 343 g/mol. The molecule has 24 heavy (non-hydrogen) atoms. The number of carbonyl (C=O) groups is 2. The first-order valence-corrected chi connectivity index (χ1v) is 12.0. The Kier molecular flexibility index (Phi) is 5.60. The first-order chi connectivity index (χ1) is 11.2. The molecule has 0 aliphatic heterocycles. The van der Waals surface area contributed by atoms with Crippen molar-refractivity contribution in [1.29, 1.82) is 0 Å². The first-order valence-electron chi connectivity index (χ1n) is 8.33. The number of esters is 1. The predicted molar refractivity (Wildman–Crippen MR) is 99.8 cm³/mol. The number of carbonyl (C=O) groups excluding carboxylic acids is 2. The van der Waals surface area contributed by atoms with Crippen LogP contribution >= 0.6 is 0 Å². The van der Waals surface area contributed by atoms with E-state index in [-0.39, 0.29) is 17.7 Å². The molecule has 0 fully saturated rings. The Hall–Kier alpha value is -1.94. The summed E-state index contributed by atoms with van der Waals surface area (Å²) in [5.41, 5.74) is 2.21. The van der Waals surface area contributed by atoms with Crippen LogP contribution in [0, 0.1) is 5.92 Å². The van der Waals surface area contributed by atoms with Crippen LogP contribution in [0.25, 0.3) is 0 Å². The molecule has 0 spiro atoms. The number of Topliss-reactive ketones (excluding diaryl/α,β-unsaturated/α-hetero) is 1. The van der Waals surface area contributed by atoms with Gasteiger partial charge in [0.2, 0.25) is 0 Å². The van der Waals surface area contributed by atoms with E-state index in [1.54, 1.807) is 25.1 Å². The molecule has 4 heteroatoms. The quantitative estimate of drug-likeness (QED) is 0.445. The Labute approximate surface area is 145 Å². The molecule has 3 nitrogen and oxygen atoms in total. The number of ether oxygens (including phenoxy) is 1. The number of hydrogen-bond donors (Lipinski definition) is 0. The Morgan fingerprint density at radius 2 is 1.88 bits per heavy atom. The average Bonchev–Trinajstić information content (AvgIpc) is 2.49. The van der Waals surface area contributed by atoms with Crippen molar-refractivity contribution in [3.8, 4) is 0 Å². The van der Waals surface area contributed by atoms with Gasteiger partial charge in [-0.05, 0) is 36.7 Å². The molecule has 0 unspecified atom stereocenters. The van der Waals surface area contributed by atoms with Gasteiger partial charge in [-0.1, -0.05) is 50.0 Å². The third-order valence-corrected chi connectivity index (χ3v) is 5.71. The molecule has 0 aromatic heterocycles. The summed E-state index contributed by atoms with van der Waals surface area (Å²) in [5, 5.41) is 0. The van der Waals surface area contributed by atoms with Gasteiger partial charge in [0.25, 0.3) is 0 Å². The first kappa shape index (κ1) is 18.4. The highest BCUT2D eigenvalue weighted by Crippen LogP contribution is 2.33. The van der Waals surface area contributed by atoms with E-state index in [0.717, 1.165) is 11.6 Å². The van der Waals surface area contributed by atoms with E-state index < -0.39 is 14.2 Å². The third kappa shape index (κ3) is 4.77. The van der Waals surface area contributed by atoms with Crippen LogP contribution in [0.4, 0.5) is 0 Å². The highest BCUT2D eigenvalue weighted by molar-refractivity contribution is 6.76. The van der Waals surface area contributed by atoms with Crippen LogP contribution in [0.2, 0.25) is 25.7 Å². The minimum Gasteiger partial charge on any atom is -0.454 e. The van der Waals surface area contributed by atoms with Crippen molar-refractivity contribution in [1.82, 2.24) is 0 Å². The molecule has 1 aliphatic carbocycles. The van der Waals surface area contributed by atoms with Gasteiger partial charge in [0.15, 0.2) is 5.78 Å². The van der Waals surface area contributed by atoms with Crippen molar-refractivity contribution in [2.45, 2.75) is 45.1 Å². The van der Waals surface area contributed by atoms with Crippen LogP contribution in [-0.2, 0) is 9.53 Å². The summed E-state index contributed by atoms with van der Waals surface area (Å²) in [4.78, 5) is 24.5. The molecular formula is C20H26O3Si. The van der Waals surface area contributed by atoms with Gasteiger partial charge in [0.1, 0.15) is 6.10 Å². The van der Waals surface area contributed by atoms with E-state index in [0.29, 0.717) is 17.6 Å². The van der Waals surface area contributed by atoms with Gasteiger partial charge in [-0.2, -0.15) is 0 Å². The normalized spacial score (nSPS) is 21.2. The van der Waals surface area contributed by atoms with E-state index in [4.69, 9.17) is 4.74 Å². The number of ketones is 1. The Bertz CT molecular complexity index is 668. The Morgan fingerprint density at radius 1 is 1.25 bits per heavy atom. The molecule has 2 rings (SSSR count). The van der Waals surface area contributed by atoms with E-state index in [2.05, 4.69) is 26.2 Å². The maximum absolute atomic E-state index is 12.4. The molecule has 0 bridgehead atoms. The summed E-state index contributed by atoms with van der Waals surface area (Å²) in [6.07, 6.45) is 1.74. The van der Waals surface area contributed by atoms with Gasteiger partial charge in [0.05, 0.1) is 5.56 Å². The number of benzene rings is 1. The van der Waals surface area contributed by atoms with Crippen LogP contribution in [0.5, 0.6) is 0 Å². The lowest BCUT2D eigenvalue weighted by molar-refractivity contribution is -0.117. The summed E-state index contributed by atoms with van der Waals surface area (Å²) >= 11 is 0. The lowest BCUT2D eigenvalue weighted by atomic mass is 9.82. The molecule has 1 aromatic carbocycles. The highest BCUT2D eigenvalue weighted by Gasteiger charge is 2.34. The molecule has 1 aliphatic rings. The van der Waals surface area contributed by atoms with Crippen molar-refractivity contribution in [3.05, 3.63) is 59.7 Å². The maximum atomic E-state index is 12.4. The summed E-state index contributed by atoms with van der Waals surface area (Å²) in [6.45, 7) is 12.8. The Balaban J connectivity index is 2.21. The number of rotatable bonds is 5. The molecule has 128 valence electrons. The van der Waals surface area contributed by atoms with Crippen molar-refractivity contribution in [3.63, 3.8) is 0 Å². The highest BCUT2D eigenvalue weighted by atomic mass is 28.3. The molecule has 0 heterocycles. The van der Waals surface area contributed by atoms with E-state index >= 15 is 0 Å². The molecule has 0 saturated heterocycles. The molecule has 0 amide bonds. The zero-order valence-corrected chi connectivity index (χ0v) is 16.0. The zero-order chi connectivity index (χ0) is 17.9. The van der Waals surface area contributed by atoms with Crippen LogP contribution in [0.3, 0.4) is 0 Å². The minimum absolute atomic E-state index is 0.115. The van der Waals surface area contributed by atoms with Gasteiger partial charge < -0.3 is 4.74 Å². The number of hydrogen-bond acceptors (Lipinski definition) is 3. The summed E-state index contributed by atoms with van der Waals surface area (Å²) in [5.74, 6) is -0.367. The lowest BCUT2D eigenvalue weighted by Crippen LogP contribution is -2.34. The fourth-order valence-corrected chi connectivity index (χ4v) is 4.63. The third-order valence-electron chi connectivity index (χ3n) is 4.19. The second-order valence-electron chi connectivity index (χ2n) is 7.72. The van der Waals surface area contributed by atoms with Crippen molar-refractivity contribution < 1.29 is 14.3 Å². The van der Waals surface area contributed by atoms with Crippen LogP contribution in [0.1, 0.15) is 23.7 Å². The fraction of sp³-hybridized carbons (Fsp3) is 0.400. The van der Waals surface area contributed by atoms with Crippen LogP contribution in [0.15, 0.2) is 54.1 Å². The van der Waals surface area contributed by atoms with E-state index in [9.17, 15) is 9.59 Å². The predicted octanol–water partition coefficient (Wildman–Crippen LogP) is 4.64. The summed E-state index contributed by atoms with van der Waals surface area (Å²) in [6, 6.07) is 9.88. The SMILES string of the molecule is C=C(C[Si](C)(C)C)[C@@H]1CC(=O)C(C)=C[C@@H]1OC(=O)c1ccccc1. The molecule has 1 aromatic rings. The maximum Gasteiger partial charge on any atom is 0.338 e. The largest absolute Gasteiger partial charge is 0.454 e. The van der Waals surface area contributed by atoms with Crippen molar-refractivity contribution in [2.75, 3.05) is 0 Å². The van der Waals surface area contributed by atoms with Gasteiger partial charge in [-0.25, -0.2) is 4.79 Å². The summed E-state index contributed by atoms with van der Waals surface area (Å²) in [7, 11) is -1.35. The molecule has 0 radical (unpaired) electrons. The second-order valence-corrected chi connectivity index (χ2v) is 13.2. The summed E-state index contributed by atoms with van der Waals surface area (Å²) < 4.78 is 5.73. The molecule has 0 saturated carbocycles. The monoisotopic (exact) mass is 342 g/mol. The molecule has 2 atom stereocenters. The second kappa shape index (κ2) is 7.30. The fourth-order valence-electron chi connectivity index (χ4n) is 3.00. The standard InChI is InChI=1S/C20H26O3Si/c1-14-11-19(23-20(22)16-9-7-6-8-10-16)17(12-18(14)21)15(2)13-24(3,4)5/h6-11,17,19H,2,12-13H2,1,3-5H3/t17-,19-/m0/s1. The minimum atomic E-state index is -1.35. The van der Waals surface area contributed by atoms with E-state index in [1.807, 2.05) is 18.2 Å². The van der Waals surface area contributed by atoms with Gasteiger partial charge in [-0.15, -0.1) is 0 Å². The Morgan fingerprint density at radius 3 is 2.46 bits per heavy atom. The molecule has 0 N–H and O–H groups in total. The van der Waals surface area contributed by atoms with Crippen LogP contribution in [-0.4, -0.2) is 25.9 Å². The number of allylic oxidation sites excluding steroid dienone is 1.